The molecule has 2 heteroatoms. The molecule has 2 unspecified atom stereocenters. The van der Waals surface area contributed by atoms with Gasteiger partial charge in [-0.15, -0.1) is 0 Å². The van der Waals surface area contributed by atoms with Gasteiger partial charge in [-0.3, -0.25) is 0 Å². The quantitative estimate of drug-likeness (QED) is 0.810. The number of nitrogens with zero attached hydrogens (tertiary/aromatic N) is 1. The number of nitrogens with one attached hydrogen (secondary N) is 1. The Labute approximate surface area is 107 Å². The highest BCUT2D eigenvalue weighted by molar-refractivity contribution is 4.95. The minimum Gasteiger partial charge on any atom is -0.312 e. The maximum atomic E-state index is 3.89. The van der Waals surface area contributed by atoms with Gasteiger partial charge in [-0.25, -0.2) is 0 Å². The summed E-state index contributed by atoms with van der Waals surface area (Å²) in [6, 6.07) is 0.779. The van der Waals surface area contributed by atoms with Crippen molar-refractivity contribution >= 4 is 0 Å². The van der Waals surface area contributed by atoms with Crippen LogP contribution in [0.15, 0.2) is 0 Å². The minimum atomic E-state index is 0.456. The Kier molecular flexibility index (Phi) is 4.48. The molecule has 1 N–H and O–H groups in total. The summed E-state index contributed by atoms with van der Waals surface area (Å²) in [4.78, 5) is 2.47. The van der Waals surface area contributed by atoms with Crippen LogP contribution in [0.2, 0.25) is 0 Å². The molecule has 0 saturated heterocycles. The molecule has 0 aromatic rings. The first-order valence-corrected chi connectivity index (χ1v) is 7.55. The summed E-state index contributed by atoms with van der Waals surface area (Å²) in [7, 11) is 4.52. The van der Waals surface area contributed by atoms with Gasteiger partial charge in [-0.1, -0.05) is 32.6 Å². The van der Waals surface area contributed by atoms with Crippen LogP contribution in [-0.4, -0.2) is 37.1 Å². The van der Waals surface area contributed by atoms with Crippen LogP contribution in [0.3, 0.4) is 0 Å². The van der Waals surface area contributed by atoms with E-state index in [1.54, 1.807) is 0 Å². The molecule has 0 amide bonds. The molecule has 2 atom stereocenters. The molecule has 0 aromatic carbocycles. The number of rotatable bonds is 4. The molecule has 0 aromatic heterocycles. The highest BCUT2D eigenvalue weighted by Crippen LogP contribution is 2.34. The standard InChI is InChI=1S/C15H30N2/c1-13-8-4-5-9-14(13)16-12-15(17(2)3)10-6-7-11-15/h13-14,16H,4-12H2,1-3H3. The largest absolute Gasteiger partial charge is 0.312 e. The summed E-state index contributed by atoms with van der Waals surface area (Å²) in [5.41, 5.74) is 0.456. The van der Waals surface area contributed by atoms with Crippen molar-refractivity contribution in [3.05, 3.63) is 0 Å². The van der Waals surface area contributed by atoms with E-state index >= 15 is 0 Å². The Morgan fingerprint density at radius 3 is 2.29 bits per heavy atom. The van der Waals surface area contributed by atoms with E-state index in [1.807, 2.05) is 0 Å². The lowest BCUT2D eigenvalue weighted by Crippen LogP contribution is -2.53. The van der Waals surface area contributed by atoms with E-state index < -0.39 is 0 Å². The Morgan fingerprint density at radius 1 is 1.06 bits per heavy atom. The lowest BCUT2D eigenvalue weighted by molar-refractivity contribution is 0.138. The van der Waals surface area contributed by atoms with Crippen molar-refractivity contribution < 1.29 is 0 Å². The van der Waals surface area contributed by atoms with Crippen LogP contribution >= 0.6 is 0 Å². The molecule has 0 aliphatic heterocycles. The fourth-order valence-corrected chi connectivity index (χ4v) is 3.76. The van der Waals surface area contributed by atoms with Crippen LogP contribution in [0, 0.1) is 5.92 Å². The fourth-order valence-electron chi connectivity index (χ4n) is 3.76. The van der Waals surface area contributed by atoms with E-state index in [-0.39, 0.29) is 0 Å². The average Bonchev–Trinajstić information content (AvgIpc) is 2.78. The smallest absolute Gasteiger partial charge is 0.0327 e. The monoisotopic (exact) mass is 238 g/mol. The summed E-state index contributed by atoms with van der Waals surface area (Å²) < 4.78 is 0. The van der Waals surface area contributed by atoms with E-state index in [1.165, 1.54) is 57.9 Å². The van der Waals surface area contributed by atoms with Crippen molar-refractivity contribution in [3.63, 3.8) is 0 Å². The van der Waals surface area contributed by atoms with Crippen LogP contribution in [0.25, 0.3) is 0 Å². The predicted molar refractivity (Wildman–Crippen MR) is 74.3 cm³/mol. The Bertz CT molecular complexity index is 231. The van der Waals surface area contributed by atoms with Crippen molar-refractivity contribution in [3.8, 4) is 0 Å². The Morgan fingerprint density at radius 2 is 1.71 bits per heavy atom. The van der Waals surface area contributed by atoms with Crippen molar-refractivity contribution in [2.45, 2.75) is 69.9 Å². The lowest BCUT2D eigenvalue weighted by Gasteiger charge is -2.39. The molecular formula is C15H30N2. The average molecular weight is 238 g/mol. The topological polar surface area (TPSA) is 15.3 Å². The summed E-state index contributed by atoms with van der Waals surface area (Å²) in [5.74, 6) is 0.879. The molecule has 0 bridgehead atoms. The third kappa shape index (κ3) is 3.03. The van der Waals surface area contributed by atoms with E-state index in [4.69, 9.17) is 0 Å². The highest BCUT2D eigenvalue weighted by Gasteiger charge is 2.36. The second-order valence-electron chi connectivity index (χ2n) is 6.58. The minimum absolute atomic E-state index is 0.456. The van der Waals surface area contributed by atoms with Gasteiger partial charge >= 0.3 is 0 Å². The summed E-state index contributed by atoms with van der Waals surface area (Å²) in [6.07, 6.45) is 11.3. The first-order chi connectivity index (χ1) is 8.14. The summed E-state index contributed by atoms with van der Waals surface area (Å²) in [6.45, 7) is 3.63. The zero-order valence-electron chi connectivity index (χ0n) is 12.0. The van der Waals surface area contributed by atoms with Gasteiger partial charge in [0.05, 0.1) is 0 Å². The van der Waals surface area contributed by atoms with Crippen molar-refractivity contribution in [1.82, 2.24) is 10.2 Å². The van der Waals surface area contributed by atoms with Gasteiger partial charge < -0.3 is 10.2 Å². The van der Waals surface area contributed by atoms with Crippen LogP contribution in [-0.2, 0) is 0 Å². The maximum Gasteiger partial charge on any atom is 0.0327 e. The van der Waals surface area contributed by atoms with Crippen LogP contribution < -0.4 is 5.32 Å². The van der Waals surface area contributed by atoms with Crippen molar-refractivity contribution in [2.75, 3.05) is 20.6 Å². The SMILES string of the molecule is CC1CCCCC1NCC1(N(C)C)CCCC1. The van der Waals surface area contributed by atoms with Crippen molar-refractivity contribution in [1.29, 1.82) is 0 Å². The number of hydrogen-bond donors (Lipinski definition) is 1. The van der Waals surface area contributed by atoms with Crippen molar-refractivity contribution in [2.24, 2.45) is 5.92 Å². The first kappa shape index (κ1) is 13.4. The zero-order chi connectivity index (χ0) is 12.3. The number of hydrogen-bond acceptors (Lipinski definition) is 2. The van der Waals surface area contributed by atoms with Crippen LogP contribution in [0.4, 0.5) is 0 Å². The van der Waals surface area contributed by atoms with Gasteiger partial charge in [0.1, 0.15) is 0 Å². The van der Waals surface area contributed by atoms with Crippen LogP contribution in [0.5, 0.6) is 0 Å². The van der Waals surface area contributed by atoms with Crippen LogP contribution in [0.1, 0.15) is 58.3 Å². The zero-order valence-corrected chi connectivity index (χ0v) is 12.0. The molecule has 2 aliphatic rings. The van der Waals surface area contributed by atoms with Gasteiger partial charge in [-0.2, -0.15) is 0 Å². The highest BCUT2D eigenvalue weighted by atomic mass is 15.2. The molecule has 100 valence electrons. The molecule has 17 heavy (non-hydrogen) atoms. The Hall–Kier alpha value is -0.0800. The van der Waals surface area contributed by atoms with Gasteiger partial charge in [0.15, 0.2) is 0 Å². The van der Waals surface area contributed by atoms with E-state index in [2.05, 4.69) is 31.2 Å². The molecule has 0 radical (unpaired) electrons. The molecule has 2 saturated carbocycles. The summed E-state index contributed by atoms with van der Waals surface area (Å²) in [5, 5.41) is 3.89. The second kappa shape index (κ2) is 5.71. The molecular weight excluding hydrogens is 208 g/mol. The maximum absolute atomic E-state index is 3.89. The number of likely N-dealkylation sites (N-methyl/N-ethyl adjacent to an activating group) is 1. The Balaban J connectivity index is 1.86. The van der Waals surface area contributed by atoms with Gasteiger partial charge in [0.25, 0.3) is 0 Å². The van der Waals surface area contributed by atoms with Gasteiger partial charge in [0.2, 0.25) is 0 Å². The third-order valence-corrected chi connectivity index (χ3v) is 5.29. The summed E-state index contributed by atoms with van der Waals surface area (Å²) >= 11 is 0. The molecule has 0 spiro atoms. The van der Waals surface area contributed by atoms with E-state index in [0.29, 0.717) is 5.54 Å². The third-order valence-electron chi connectivity index (χ3n) is 5.29. The predicted octanol–water partition coefficient (Wildman–Crippen LogP) is 3.03. The molecule has 2 nitrogen and oxygen atoms in total. The molecule has 2 aliphatic carbocycles. The second-order valence-corrected chi connectivity index (χ2v) is 6.58. The molecule has 0 heterocycles. The molecule has 2 fully saturated rings. The van der Waals surface area contributed by atoms with E-state index in [0.717, 1.165) is 12.0 Å². The van der Waals surface area contributed by atoms with Gasteiger partial charge in [-0.05, 0) is 45.7 Å². The molecule has 2 rings (SSSR count). The lowest BCUT2D eigenvalue weighted by atomic mass is 9.85. The fraction of sp³-hybridized carbons (Fsp3) is 1.00. The first-order valence-electron chi connectivity index (χ1n) is 7.55. The van der Waals surface area contributed by atoms with E-state index in [9.17, 15) is 0 Å². The van der Waals surface area contributed by atoms with Gasteiger partial charge in [0, 0.05) is 18.1 Å². The normalized spacial score (nSPS) is 33.2.